The number of nitrogens with zero attached hydrogens (tertiary/aromatic N) is 2. The van der Waals surface area contributed by atoms with Crippen molar-refractivity contribution in [2.75, 3.05) is 24.2 Å². The maximum atomic E-state index is 11.7. The molecule has 0 radical (unpaired) electrons. The Morgan fingerprint density at radius 1 is 1.26 bits per heavy atom. The van der Waals surface area contributed by atoms with Crippen LogP contribution in [-0.2, 0) is 4.79 Å². The highest BCUT2D eigenvalue weighted by Crippen LogP contribution is 2.17. The molecule has 106 valence electrons. The number of hydrogen-bond donors (Lipinski definition) is 3. The van der Waals surface area contributed by atoms with Crippen LogP contribution in [0.25, 0.3) is 0 Å². The van der Waals surface area contributed by atoms with Crippen molar-refractivity contribution >= 4 is 17.5 Å². The molecule has 0 aliphatic rings. The molecular formula is C13H23N5O. The Morgan fingerprint density at radius 3 is 2.42 bits per heavy atom. The molecule has 1 aromatic rings. The molecule has 6 heteroatoms. The minimum atomic E-state index is -0.334. The fourth-order valence-electron chi connectivity index (χ4n) is 1.54. The van der Waals surface area contributed by atoms with Gasteiger partial charge in [-0.05, 0) is 13.8 Å². The molecule has 1 aromatic heterocycles. The van der Waals surface area contributed by atoms with Gasteiger partial charge in [-0.3, -0.25) is 4.79 Å². The highest BCUT2D eigenvalue weighted by Gasteiger charge is 2.14. The highest BCUT2D eigenvalue weighted by atomic mass is 16.2. The van der Waals surface area contributed by atoms with Crippen molar-refractivity contribution in [2.24, 2.45) is 0 Å². The number of anilines is 2. The molecule has 1 atom stereocenters. The van der Waals surface area contributed by atoms with Crippen LogP contribution in [0.3, 0.4) is 0 Å². The van der Waals surface area contributed by atoms with Crippen LogP contribution in [0.4, 0.5) is 11.6 Å². The molecule has 1 heterocycles. The molecule has 1 unspecified atom stereocenters. The van der Waals surface area contributed by atoms with Crippen LogP contribution in [-0.4, -0.2) is 35.5 Å². The average molecular weight is 265 g/mol. The van der Waals surface area contributed by atoms with E-state index in [0.717, 1.165) is 11.6 Å². The summed E-state index contributed by atoms with van der Waals surface area (Å²) in [6.45, 7) is 8.39. The molecule has 0 aliphatic carbocycles. The molecule has 1 rings (SSSR count). The number of carbonyl (C=O) groups is 1. The van der Waals surface area contributed by atoms with Crippen molar-refractivity contribution in [3.05, 3.63) is 11.9 Å². The van der Waals surface area contributed by atoms with Gasteiger partial charge in [0.2, 0.25) is 5.91 Å². The van der Waals surface area contributed by atoms with E-state index in [0.29, 0.717) is 12.4 Å². The number of carbonyl (C=O) groups excluding carboxylic acids is 1. The van der Waals surface area contributed by atoms with Crippen LogP contribution in [0.2, 0.25) is 0 Å². The zero-order chi connectivity index (χ0) is 14.4. The molecular weight excluding hydrogens is 242 g/mol. The van der Waals surface area contributed by atoms with Crippen LogP contribution in [0.15, 0.2) is 6.07 Å². The minimum Gasteiger partial charge on any atom is -0.373 e. The second-order valence-corrected chi connectivity index (χ2v) is 4.66. The summed E-state index contributed by atoms with van der Waals surface area (Å²) >= 11 is 0. The van der Waals surface area contributed by atoms with Crippen molar-refractivity contribution < 1.29 is 4.79 Å². The van der Waals surface area contributed by atoms with E-state index in [1.165, 1.54) is 0 Å². The van der Waals surface area contributed by atoms with Gasteiger partial charge in [-0.25, -0.2) is 9.97 Å². The van der Waals surface area contributed by atoms with Gasteiger partial charge in [0, 0.05) is 25.6 Å². The molecule has 19 heavy (non-hydrogen) atoms. The van der Waals surface area contributed by atoms with Crippen LogP contribution < -0.4 is 16.0 Å². The third-order valence-electron chi connectivity index (χ3n) is 2.62. The zero-order valence-corrected chi connectivity index (χ0v) is 12.2. The number of likely N-dealkylation sites (N-methyl/N-ethyl adjacent to an activating group) is 1. The average Bonchev–Trinajstić information content (AvgIpc) is 2.38. The smallest absolute Gasteiger partial charge is 0.242 e. The summed E-state index contributed by atoms with van der Waals surface area (Å²) in [5, 5.41) is 8.86. The Labute approximate surface area is 114 Å². The molecule has 1 amide bonds. The molecule has 0 saturated heterocycles. The molecule has 3 N–H and O–H groups in total. The highest BCUT2D eigenvalue weighted by molar-refractivity contribution is 5.83. The van der Waals surface area contributed by atoms with Gasteiger partial charge < -0.3 is 16.0 Å². The molecule has 6 nitrogen and oxygen atoms in total. The summed E-state index contributed by atoms with van der Waals surface area (Å²) in [6, 6.07) is 1.46. The van der Waals surface area contributed by atoms with E-state index in [-0.39, 0.29) is 17.9 Å². The standard InChI is InChI=1S/C13H23N5O/c1-6-15-13(19)9(4)16-11-7-10(14-5)17-12(18-11)8(2)3/h7-9H,6H2,1-5H3,(H,15,19)(H2,14,16,17,18). The molecule has 0 fully saturated rings. The van der Waals surface area contributed by atoms with Crippen molar-refractivity contribution in [1.82, 2.24) is 15.3 Å². The second-order valence-electron chi connectivity index (χ2n) is 4.66. The summed E-state index contributed by atoms with van der Waals surface area (Å²) in [4.78, 5) is 20.5. The molecule has 0 saturated carbocycles. The van der Waals surface area contributed by atoms with Gasteiger partial charge in [0.15, 0.2) is 0 Å². The molecule has 0 aromatic carbocycles. The van der Waals surface area contributed by atoms with Gasteiger partial charge >= 0.3 is 0 Å². The summed E-state index contributed by atoms with van der Waals surface area (Å²) in [7, 11) is 1.81. The SMILES string of the molecule is CCNC(=O)C(C)Nc1cc(NC)nc(C(C)C)n1. The van der Waals surface area contributed by atoms with E-state index in [2.05, 4.69) is 25.9 Å². The summed E-state index contributed by atoms with van der Waals surface area (Å²) in [6.07, 6.45) is 0. The van der Waals surface area contributed by atoms with Crippen LogP contribution in [0, 0.1) is 0 Å². The van der Waals surface area contributed by atoms with Crippen molar-refractivity contribution in [3.63, 3.8) is 0 Å². The quantitative estimate of drug-likeness (QED) is 0.728. The lowest BCUT2D eigenvalue weighted by Gasteiger charge is -2.16. The van der Waals surface area contributed by atoms with E-state index in [1.807, 2.05) is 27.8 Å². The first-order chi connectivity index (χ1) is 8.97. The topological polar surface area (TPSA) is 78.9 Å². The van der Waals surface area contributed by atoms with Crippen molar-refractivity contribution in [2.45, 2.75) is 39.7 Å². The zero-order valence-electron chi connectivity index (χ0n) is 12.2. The number of aromatic nitrogens is 2. The van der Waals surface area contributed by atoms with Gasteiger partial charge in [-0.1, -0.05) is 13.8 Å². The van der Waals surface area contributed by atoms with E-state index >= 15 is 0 Å². The number of nitrogens with one attached hydrogen (secondary N) is 3. The molecule has 0 aliphatic heterocycles. The number of amides is 1. The Hall–Kier alpha value is -1.85. The lowest BCUT2D eigenvalue weighted by molar-refractivity contribution is -0.121. The largest absolute Gasteiger partial charge is 0.373 e. The first kappa shape index (κ1) is 15.2. The van der Waals surface area contributed by atoms with Crippen LogP contribution >= 0.6 is 0 Å². The fourth-order valence-corrected chi connectivity index (χ4v) is 1.54. The van der Waals surface area contributed by atoms with E-state index in [1.54, 1.807) is 13.0 Å². The summed E-state index contributed by atoms with van der Waals surface area (Å²) in [5.41, 5.74) is 0. The maximum Gasteiger partial charge on any atom is 0.242 e. The molecule has 0 spiro atoms. The monoisotopic (exact) mass is 265 g/mol. The van der Waals surface area contributed by atoms with Crippen molar-refractivity contribution in [3.8, 4) is 0 Å². The fraction of sp³-hybridized carbons (Fsp3) is 0.615. The lowest BCUT2D eigenvalue weighted by atomic mass is 10.2. The van der Waals surface area contributed by atoms with Gasteiger partial charge in [0.25, 0.3) is 0 Å². The number of hydrogen-bond acceptors (Lipinski definition) is 5. The van der Waals surface area contributed by atoms with Gasteiger partial charge in [0.1, 0.15) is 23.5 Å². The first-order valence-electron chi connectivity index (χ1n) is 6.58. The van der Waals surface area contributed by atoms with Gasteiger partial charge in [0.05, 0.1) is 0 Å². The van der Waals surface area contributed by atoms with Crippen LogP contribution in [0.5, 0.6) is 0 Å². The minimum absolute atomic E-state index is 0.0433. The Kier molecular flexibility index (Phi) is 5.54. The second kappa shape index (κ2) is 6.92. The van der Waals surface area contributed by atoms with E-state index in [4.69, 9.17) is 0 Å². The normalized spacial score (nSPS) is 12.1. The predicted octanol–water partition coefficient (Wildman–Crippen LogP) is 1.58. The van der Waals surface area contributed by atoms with Crippen molar-refractivity contribution in [1.29, 1.82) is 0 Å². The van der Waals surface area contributed by atoms with Gasteiger partial charge in [-0.15, -0.1) is 0 Å². The third-order valence-corrected chi connectivity index (χ3v) is 2.62. The first-order valence-corrected chi connectivity index (χ1v) is 6.58. The Bertz CT molecular complexity index is 433. The predicted molar refractivity (Wildman–Crippen MR) is 77.4 cm³/mol. The van der Waals surface area contributed by atoms with Gasteiger partial charge in [-0.2, -0.15) is 0 Å². The Morgan fingerprint density at radius 2 is 1.89 bits per heavy atom. The van der Waals surface area contributed by atoms with E-state index in [9.17, 15) is 4.79 Å². The van der Waals surface area contributed by atoms with E-state index < -0.39 is 0 Å². The molecule has 0 bridgehead atoms. The van der Waals surface area contributed by atoms with Crippen LogP contribution in [0.1, 0.15) is 39.4 Å². The lowest BCUT2D eigenvalue weighted by Crippen LogP contribution is -2.37. The Balaban J connectivity index is 2.88. The maximum absolute atomic E-state index is 11.7. The summed E-state index contributed by atoms with van der Waals surface area (Å²) < 4.78 is 0. The number of rotatable bonds is 6. The summed E-state index contributed by atoms with van der Waals surface area (Å²) in [5.74, 6) is 2.33. The third kappa shape index (κ3) is 4.39.